The van der Waals surface area contributed by atoms with Crippen molar-refractivity contribution >= 4 is 11.5 Å². The van der Waals surface area contributed by atoms with E-state index in [0.29, 0.717) is 18.4 Å². The van der Waals surface area contributed by atoms with Crippen molar-refractivity contribution in [2.75, 3.05) is 19.6 Å². The van der Waals surface area contributed by atoms with E-state index in [9.17, 15) is 4.79 Å². The van der Waals surface area contributed by atoms with Crippen LogP contribution in [0.5, 0.6) is 0 Å². The van der Waals surface area contributed by atoms with E-state index in [1.165, 1.54) is 6.42 Å². The molecule has 1 aliphatic carbocycles. The summed E-state index contributed by atoms with van der Waals surface area (Å²) in [6.07, 6.45) is 3.83. The first kappa shape index (κ1) is 8.41. The molecule has 3 rings (SSSR count). The molecule has 14 heavy (non-hydrogen) atoms. The van der Waals surface area contributed by atoms with Gasteiger partial charge in [-0.25, -0.2) is 0 Å². The predicted octanol–water partition coefficient (Wildman–Crippen LogP) is 0.426. The number of oxime groups is 1. The molecule has 2 bridgehead atoms. The molecule has 0 spiro atoms. The number of piperidine rings is 1. The average molecular weight is 194 g/mol. The molecule has 4 nitrogen and oxygen atoms in total. The van der Waals surface area contributed by atoms with Gasteiger partial charge in [-0.15, -0.1) is 0 Å². The van der Waals surface area contributed by atoms with Crippen molar-refractivity contribution in [1.29, 1.82) is 0 Å². The van der Waals surface area contributed by atoms with E-state index in [0.717, 1.165) is 31.6 Å². The maximum atomic E-state index is 11.4. The Morgan fingerprint density at radius 2 is 2.21 bits per heavy atom. The van der Waals surface area contributed by atoms with Crippen LogP contribution < -0.4 is 0 Å². The number of hydrogen-bond acceptors (Lipinski definition) is 4. The number of nitrogens with zero attached hydrogens (tertiary/aromatic N) is 2. The largest absolute Gasteiger partial charge is 0.393 e. The van der Waals surface area contributed by atoms with Gasteiger partial charge < -0.3 is 4.84 Å². The lowest BCUT2D eigenvalue weighted by molar-refractivity contribution is -0.118. The first-order valence-electron chi connectivity index (χ1n) is 5.30. The molecule has 2 saturated heterocycles. The molecule has 1 saturated carbocycles. The molecule has 2 aliphatic heterocycles. The molecule has 3 aliphatic rings. The number of fused-ring (bicyclic) bond motifs is 2. The van der Waals surface area contributed by atoms with Gasteiger partial charge in [0.15, 0.2) is 5.78 Å². The molecule has 2 atom stereocenters. The smallest absolute Gasteiger partial charge is 0.156 e. The summed E-state index contributed by atoms with van der Waals surface area (Å²) in [7, 11) is 0. The zero-order chi connectivity index (χ0) is 9.54. The van der Waals surface area contributed by atoms with E-state index < -0.39 is 0 Å². The summed E-state index contributed by atoms with van der Waals surface area (Å²) in [4.78, 5) is 18.9. The molecule has 2 unspecified atom stereocenters. The first-order chi connectivity index (χ1) is 6.83. The molecule has 0 radical (unpaired) electrons. The van der Waals surface area contributed by atoms with E-state index in [1.807, 2.05) is 0 Å². The molecule has 76 valence electrons. The number of rotatable bonds is 2. The maximum Gasteiger partial charge on any atom is 0.156 e. The number of hydrogen-bond donors (Lipinski definition) is 0. The Balaban J connectivity index is 1.64. The Morgan fingerprint density at radius 1 is 1.36 bits per heavy atom. The van der Waals surface area contributed by atoms with Crippen LogP contribution in [0.15, 0.2) is 5.16 Å². The molecule has 0 N–H and O–H groups in total. The molecule has 0 aromatic heterocycles. The van der Waals surface area contributed by atoms with Crippen LogP contribution in [0.3, 0.4) is 0 Å². The minimum Gasteiger partial charge on any atom is -0.393 e. The van der Waals surface area contributed by atoms with Gasteiger partial charge in [0.25, 0.3) is 0 Å². The quantitative estimate of drug-likeness (QED) is 0.598. The van der Waals surface area contributed by atoms with Gasteiger partial charge in [-0.1, -0.05) is 5.16 Å². The summed E-state index contributed by atoms with van der Waals surface area (Å²) in [5, 5.41) is 4.13. The van der Waals surface area contributed by atoms with Gasteiger partial charge in [-0.05, 0) is 19.3 Å². The lowest BCUT2D eigenvalue weighted by Crippen LogP contribution is -2.31. The van der Waals surface area contributed by atoms with Crippen LogP contribution in [0.2, 0.25) is 0 Å². The molecular formula is C10H14N2O2. The van der Waals surface area contributed by atoms with E-state index in [2.05, 4.69) is 10.1 Å². The second-order valence-electron chi connectivity index (χ2n) is 4.43. The van der Waals surface area contributed by atoms with Crippen LogP contribution in [-0.4, -0.2) is 42.1 Å². The molecule has 0 aromatic rings. The van der Waals surface area contributed by atoms with E-state index in [-0.39, 0.29) is 5.92 Å². The van der Waals surface area contributed by atoms with Crippen LogP contribution in [0, 0.1) is 5.92 Å². The van der Waals surface area contributed by atoms with Crippen LogP contribution in [0.4, 0.5) is 0 Å². The Kier molecular flexibility index (Phi) is 1.83. The molecular weight excluding hydrogens is 180 g/mol. The number of carbonyl (C=O) groups is 1. The Morgan fingerprint density at radius 3 is 2.79 bits per heavy atom. The van der Waals surface area contributed by atoms with E-state index >= 15 is 0 Å². The molecule has 2 heterocycles. The van der Waals surface area contributed by atoms with Gasteiger partial charge in [0.2, 0.25) is 0 Å². The van der Waals surface area contributed by atoms with Crippen LogP contribution in [-0.2, 0) is 9.63 Å². The van der Waals surface area contributed by atoms with E-state index in [4.69, 9.17) is 4.84 Å². The fraction of sp³-hybridized carbons (Fsp3) is 0.800. The van der Waals surface area contributed by atoms with Crippen molar-refractivity contribution in [3.8, 4) is 0 Å². The molecule has 0 amide bonds. The third-order valence-corrected chi connectivity index (χ3v) is 3.37. The molecule has 0 aromatic carbocycles. The monoisotopic (exact) mass is 194 g/mol. The predicted molar refractivity (Wildman–Crippen MR) is 51.1 cm³/mol. The fourth-order valence-corrected chi connectivity index (χ4v) is 2.22. The maximum absolute atomic E-state index is 11.4. The van der Waals surface area contributed by atoms with Crippen LogP contribution in [0.25, 0.3) is 0 Å². The number of Topliss-reactive ketones (excluding diaryl/α,β-unsaturated/α-hetero) is 1. The molecule has 4 heteroatoms. The second-order valence-corrected chi connectivity index (χ2v) is 4.43. The minimum atomic E-state index is 0.0510. The van der Waals surface area contributed by atoms with Crippen molar-refractivity contribution < 1.29 is 9.63 Å². The number of ketones is 1. The van der Waals surface area contributed by atoms with Crippen LogP contribution in [0.1, 0.15) is 19.3 Å². The van der Waals surface area contributed by atoms with Gasteiger partial charge in [-0.2, -0.15) is 0 Å². The molecule has 3 fully saturated rings. The first-order valence-corrected chi connectivity index (χ1v) is 5.30. The highest BCUT2D eigenvalue weighted by Crippen LogP contribution is 2.25. The highest BCUT2D eigenvalue weighted by molar-refractivity contribution is 6.11. The standard InChI is InChI=1S/C10H14N2O2/c13-10-6-12-4-8(10)9(5-12)11-14-7-2-1-3-7/h7-8H,1-6H2. The third kappa shape index (κ3) is 1.25. The summed E-state index contributed by atoms with van der Waals surface area (Å²) in [5.41, 5.74) is 0.952. The van der Waals surface area contributed by atoms with Gasteiger partial charge >= 0.3 is 0 Å². The Bertz CT molecular complexity index is 296. The minimum absolute atomic E-state index is 0.0510. The fourth-order valence-electron chi connectivity index (χ4n) is 2.22. The van der Waals surface area contributed by atoms with Crippen molar-refractivity contribution in [1.82, 2.24) is 4.90 Å². The van der Waals surface area contributed by atoms with Gasteiger partial charge in [-0.3, -0.25) is 9.69 Å². The third-order valence-electron chi connectivity index (χ3n) is 3.37. The zero-order valence-electron chi connectivity index (χ0n) is 8.11. The van der Waals surface area contributed by atoms with Gasteiger partial charge in [0, 0.05) is 13.1 Å². The Hall–Kier alpha value is -0.900. The summed E-state index contributed by atoms with van der Waals surface area (Å²) < 4.78 is 0. The lowest BCUT2D eigenvalue weighted by Gasteiger charge is -2.23. The summed E-state index contributed by atoms with van der Waals surface area (Å²) in [5.74, 6) is 0.363. The van der Waals surface area contributed by atoms with Gasteiger partial charge in [0.05, 0.1) is 18.2 Å². The second kappa shape index (κ2) is 3.05. The highest BCUT2D eigenvalue weighted by atomic mass is 16.6. The highest BCUT2D eigenvalue weighted by Gasteiger charge is 2.42. The van der Waals surface area contributed by atoms with E-state index in [1.54, 1.807) is 0 Å². The summed E-state index contributed by atoms with van der Waals surface area (Å²) in [6.45, 7) is 2.32. The van der Waals surface area contributed by atoms with Crippen molar-refractivity contribution in [3.63, 3.8) is 0 Å². The normalized spacial score (nSPS) is 39.1. The Labute approximate surface area is 82.9 Å². The topological polar surface area (TPSA) is 41.9 Å². The van der Waals surface area contributed by atoms with Gasteiger partial charge in [0.1, 0.15) is 6.10 Å². The summed E-state index contributed by atoms with van der Waals surface area (Å²) in [6, 6.07) is 0. The lowest BCUT2D eigenvalue weighted by atomic mass is 9.97. The SMILES string of the molecule is O=C1CN2CC(=NOC3CCC3)C1C2. The summed E-state index contributed by atoms with van der Waals surface area (Å²) >= 11 is 0. The zero-order valence-corrected chi connectivity index (χ0v) is 8.11. The van der Waals surface area contributed by atoms with Crippen molar-refractivity contribution in [3.05, 3.63) is 0 Å². The average Bonchev–Trinajstić information content (AvgIpc) is 2.59. The number of carbonyl (C=O) groups excluding carboxylic acids is 1. The van der Waals surface area contributed by atoms with Crippen LogP contribution >= 0.6 is 0 Å². The van der Waals surface area contributed by atoms with Crippen molar-refractivity contribution in [2.24, 2.45) is 11.1 Å². The van der Waals surface area contributed by atoms with Crippen molar-refractivity contribution in [2.45, 2.75) is 25.4 Å².